The summed E-state index contributed by atoms with van der Waals surface area (Å²) in [5.74, 6) is 1.08. The molecule has 0 N–H and O–H groups in total. The minimum atomic E-state index is -0.377. The zero-order chi connectivity index (χ0) is 27.0. The van der Waals surface area contributed by atoms with Crippen molar-refractivity contribution in [3.8, 4) is 28.0 Å². The Morgan fingerprint density at radius 1 is 0.525 bits per heavy atom. The average Bonchev–Trinajstić information content (AvgIpc) is 3.43. The van der Waals surface area contributed by atoms with E-state index >= 15 is 0 Å². The molecular weight excluding hydrogens is 484 g/mol. The summed E-state index contributed by atoms with van der Waals surface area (Å²) in [5.41, 5.74) is 11.4. The van der Waals surface area contributed by atoms with E-state index < -0.39 is 0 Å². The lowest BCUT2D eigenvalue weighted by Crippen LogP contribution is -2.49. The fraction of sp³-hybridized carbons (Fsp3) is 0.231. The van der Waals surface area contributed by atoms with Gasteiger partial charge in [-0.15, -0.1) is 0 Å². The van der Waals surface area contributed by atoms with Crippen LogP contribution < -0.4 is 4.74 Å². The van der Waals surface area contributed by atoms with Gasteiger partial charge in [0.1, 0.15) is 11.4 Å². The number of hydrogen-bond donors (Lipinski definition) is 0. The number of hydrogen-bond acceptors (Lipinski definition) is 1. The molecule has 0 spiro atoms. The Morgan fingerprint density at radius 2 is 1.10 bits per heavy atom. The summed E-state index contributed by atoms with van der Waals surface area (Å²) in [7, 11) is 0. The van der Waals surface area contributed by atoms with Crippen LogP contribution in [0, 0.1) is 0 Å². The van der Waals surface area contributed by atoms with Gasteiger partial charge in [0.2, 0.25) is 0 Å². The number of benzene rings is 5. The second-order valence-electron chi connectivity index (χ2n) is 12.4. The van der Waals surface area contributed by atoms with Gasteiger partial charge >= 0.3 is 0 Å². The molecule has 196 valence electrons. The predicted molar refractivity (Wildman–Crippen MR) is 164 cm³/mol. The van der Waals surface area contributed by atoms with E-state index in [1.165, 1.54) is 69.3 Å². The largest absolute Gasteiger partial charge is 0.486 e. The normalized spacial score (nSPS) is 23.4. The second-order valence-corrected chi connectivity index (χ2v) is 12.4. The second kappa shape index (κ2) is 8.45. The average molecular weight is 519 g/mol. The lowest BCUT2D eigenvalue weighted by molar-refractivity contribution is 0.00740. The molecule has 2 unspecified atom stereocenters. The third-order valence-corrected chi connectivity index (χ3v) is 10.4. The molecule has 8 rings (SSSR count). The quantitative estimate of drug-likeness (QED) is 0.227. The molecule has 40 heavy (non-hydrogen) atoms. The van der Waals surface area contributed by atoms with Gasteiger partial charge in [0, 0.05) is 11.0 Å². The van der Waals surface area contributed by atoms with Crippen LogP contribution in [0.4, 0.5) is 0 Å². The first kappa shape index (κ1) is 23.8. The number of rotatable bonds is 3. The predicted octanol–water partition coefficient (Wildman–Crippen LogP) is 9.70. The molecule has 2 atom stereocenters. The molecule has 1 saturated carbocycles. The van der Waals surface area contributed by atoms with Crippen molar-refractivity contribution in [1.29, 1.82) is 0 Å². The number of ether oxygens (including phenoxy) is 1. The monoisotopic (exact) mass is 518 g/mol. The van der Waals surface area contributed by atoms with Crippen molar-refractivity contribution in [3.63, 3.8) is 0 Å². The van der Waals surface area contributed by atoms with Gasteiger partial charge in [0.15, 0.2) is 0 Å². The van der Waals surface area contributed by atoms with Crippen LogP contribution in [-0.4, -0.2) is 5.60 Å². The maximum atomic E-state index is 6.66. The maximum Gasteiger partial charge on any atom is 0.124 e. The molecule has 5 aromatic carbocycles. The molecule has 1 aliphatic heterocycles. The Balaban J connectivity index is 1.36. The first-order valence-electron chi connectivity index (χ1n) is 14.7. The maximum absolute atomic E-state index is 6.66. The Labute approximate surface area is 237 Å². The van der Waals surface area contributed by atoms with Crippen LogP contribution in [0.1, 0.15) is 67.3 Å². The molecule has 0 saturated heterocycles. The third kappa shape index (κ3) is 3.04. The van der Waals surface area contributed by atoms with Crippen molar-refractivity contribution in [2.45, 2.75) is 56.0 Å². The first-order chi connectivity index (χ1) is 19.5. The molecule has 0 amide bonds. The first-order valence-corrected chi connectivity index (χ1v) is 14.7. The van der Waals surface area contributed by atoms with E-state index in [4.69, 9.17) is 4.74 Å². The molecule has 1 heterocycles. The lowest BCUT2D eigenvalue weighted by Gasteiger charge is -2.43. The Morgan fingerprint density at radius 3 is 1.82 bits per heavy atom. The molecule has 1 fully saturated rings. The Bertz CT molecular complexity index is 1710. The summed E-state index contributed by atoms with van der Waals surface area (Å²) in [5, 5.41) is 0. The standard InChI is InChI=1S/C39H34O/c1-37-23-11-12-24-38(37,2)40-36-22-20-28(26-35(36)37)27-19-21-32-31-17-9-10-18-33(31)39(34(32)25-27,29-13-5-3-6-14-29)30-15-7-4-8-16-30/h3-10,13-22,25-26H,11-12,23-24H2,1-2H3. The highest BCUT2D eigenvalue weighted by Gasteiger charge is 2.55. The highest BCUT2D eigenvalue weighted by Crippen LogP contribution is 2.58. The van der Waals surface area contributed by atoms with Gasteiger partial charge in [0.25, 0.3) is 0 Å². The number of fused-ring (bicyclic) bond motifs is 6. The SMILES string of the molecule is CC12CCCCC1(C)c1cc(-c3ccc4c(c3)C(c3ccccc3)(c3ccccc3)c3ccccc3-4)ccc1O2. The van der Waals surface area contributed by atoms with Crippen LogP contribution in [-0.2, 0) is 10.8 Å². The van der Waals surface area contributed by atoms with Crippen molar-refractivity contribution >= 4 is 0 Å². The molecule has 0 aromatic heterocycles. The van der Waals surface area contributed by atoms with Crippen LogP contribution in [0.15, 0.2) is 121 Å². The molecule has 0 bridgehead atoms. The van der Waals surface area contributed by atoms with Gasteiger partial charge in [-0.3, -0.25) is 0 Å². The van der Waals surface area contributed by atoms with Crippen molar-refractivity contribution in [3.05, 3.63) is 149 Å². The van der Waals surface area contributed by atoms with Crippen molar-refractivity contribution in [2.24, 2.45) is 0 Å². The Kier molecular flexibility index (Phi) is 5.02. The van der Waals surface area contributed by atoms with Crippen molar-refractivity contribution in [1.82, 2.24) is 0 Å². The van der Waals surface area contributed by atoms with Crippen LogP contribution >= 0.6 is 0 Å². The van der Waals surface area contributed by atoms with E-state index in [2.05, 4.69) is 135 Å². The minimum Gasteiger partial charge on any atom is -0.486 e. The summed E-state index contributed by atoms with van der Waals surface area (Å²) >= 11 is 0. The minimum absolute atomic E-state index is 0.0569. The van der Waals surface area contributed by atoms with Crippen molar-refractivity contribution in [2.75, 3.05) is 0 Å². The topological polar surface area (TPSA) is 9.23 Å². The summed E-state index contributed by atoms with van der Waals surface area (Å²) in [6.45, 7) is 4.75. The van der Waals surface area contributed by atoms with Gasteiger partial charge in [-0.2, -0.15) is 0 Å². The van der Waals surface area contributed by atoms with Gasteiger partial charge in [0.05, 0.1) is 5.41 Å². The van der Waals surface area contributed by atoms with Gasteiger partial charge in [-0.1, -0.05) is 116 Å². The zero-order valence-corrected chi connectivity index (χ0v) is 23.3. The van der Waals surface area contributed by atoms with Crippen molar-refractivity contribution < 1.29 is 4.74 Å². The molecule has 5 aromatic rings. The van der Waals surface area contributed by atoms with Gasteiger partial charge < -0.3 is 4.74 Å². The van der Waals surface area contributed by atoms with Crippen LogP contribution in [0.25, 0.3) is 22.3 Å². The third-order valence-electron chi connectivity index (χ3n) is 10.4. The summed E-state index contributed by atoms with van der Waals surface area (Å²) < 4.78 is 6.66. The fourth-order valence-electron chi connectivity index (χ4n) is 8.16. The molecule has 2 aliphatic carbocycles. The van der Waals surface area contributed by atoms with Crippen LogP contribution in [0.3, 0.4) is 0 Å². The van der Waals surface area contributed by atoms with Crippen LogP contribution in [0.5, 0.6) is 5.75 Å². The summed E-state index contributed by atoms with van der Waals surface area (Å²) in [6.07, 6.45) is 4.83. The smallest absolute Gasteiger partial charge is 0.124 e. The van der Waals surface area contributed by atoms with E-state index in [-0.39, 0.29) is 16.4 Å². The Hall–Kier alpha value is -4.10. The molecule has 3 aliphatic rings. The molecular formula is C39H34O. The highest BCUT2D eigenvalue weighted by molar-refractivity contribution is 5.88. The van der Waals surface area contributed by atoms with E-state index in [9.17, 15) is 0 Å². The molecule has 0 radical (unpaired) electrons. The van der Waals surface area contributed by atoms with E-state index in [1.807, 2.05) is 0 Å². The van der Waals surface area contributed by atoms with E-state index in [0.29, 0.717) is 0 Å². The molecule has 1 nitrogen and oxygen atoms in total. The summed E-state index contributed by atoms with van der Waals surface area (Å²) in [6, 6.07) is 45.1. The fourth-order valence-corrected chi connectivity index (χ4v) is 8.16. The lowest BCUT2D eigenvalue weighted by atomic mass is 9.63. The van der Waals surface area contributed by atoms with Gasteiger partial charge in [-0.05, 0) is 88.9 Å². The van der Waals surface area contributed by atoms with Crippen LogP contribution in [0.2, 0.25) is 0 Å². The molecule has 1 heteroatoms. The zero-order valence-electron chi connectivity index (χ0n) is 23.3. The van der Waals surface area contributed by atoms with E-state index in [0.717, 1.165) is 12.2 Å². The van der Waals surface area contributed by atoms with E-state index in [1.54, 1.807) is 0 Å². The highest BCUT2D eigenvalue weighted by atomic mass is 16.5. The van der Waals surface area contributed by atoms with Gasteiger partial charge in [-0.25, -0.2) is 0 Å². The summed E-state index contributed by atoms with van der Waals surface area (Å²) in [4.78, 5) is 0.